The molecule has 0 aromatic heterocycles. The van der Waals surface area contributed by atoms with Crippen molar-refractivity contribution in [2.75, 3.05) is 26.2 Å². The number of hydrogen-bond donors (Lipinski definition) is 1. The van der Waals surface area contributed by atoms with Crippen molar-refractivity contribution in [2.24, 2.45) is 0 Å². The van der Waals surface area contributed by atoms with Gasteiger partial charge in [0.2, 0.25) is 0 Å². The third-order valence-corrected chi connectivity index (χ3v) is 3.54. The first-order valence-electron chi connectivity index (χ1n) is 6.90. The van der Waals surface area contributed by atoms with Gasteiger partial charge in [0.25, 0.3) is 0 Å². The summed E-state index contributed by atoms with van der Waals surface area (Å²) < 4.78 is 0. The molecule has 1 heterocycles. The molecule has 0 fully saturated rings. The van der Waals surface area contributed by atoms with Crippen LogP contribution in [0.15, 0.2) is 24.3 Å². The zero-order valence-corrected chi connectivity index (χ0v) is 10.9. The number of benzene rings is 1. The first-order valence-corrected chi connectivity index (χ1v) is 6.90. The predicted octanol–water partition coefficient (Wildman–Crippen LogP) is 2.43. The van der Waals surface area contributed by atoms with Gasteiger partial charge in [-0.2, -0.15) is 0 Å². The van der Waals surface area contributed by atoms with Crippen LogP contribution in [0.4, 0.5) is 0 Å². The Balaban J connectivity index is 1.71. The Morgan fingerprint density at radius 3 is 2.82 bits per heavy atom. The van der Waals surface area contributed by atoms with Crippen molar-refractivity contribution in [3.05, 3.63) is 35.4 Å². The molecule has 17 heavy (non-hydrogen) atoms. The van der Waals surface area contributed by atoms with Crippen molar-refractivity contribution >= 4 is 0 Å². The second kappa shape index (κ2) is 6.77. The summed E-state index contributed by atoms with van der Waals surface area (Å²) in [6.07, 6.45) is 3.84. The molecule has 0 amide bonds. The quantitative estimate of drug-likeness (QED) is 0.758. The molecule has 0 bridgehead atoms. The molecule has 0 saturated heterocycles. The van der Waals surface area contributed by atoms with Crippen molar-refractivity contribution < 1.29 is 0 Å². The van der Waals surface area contributed by atoms with Gasteiger partial charge in [0, 0.05) is 13.1 Å². The van der Waals surface area contributed by atoms with Crippen molar-refractivity contribution in [3.63, 3.8) is 0 Å². The highest BCUT2D eigenvalue weighted by Gasteiger charge is 2.14. The van der Waals surface area contributed by atoms with Gasteiger partial charge in [0.05, 0.1) is 0 Å². The second-order valence-corrected chi connectivity index (χ2v) is 4.86. The minimum absolute atomic E-state index is 1.09. The highest BCUT2D eigenvalue weighted by molar-refractivity contribution is 5.28. The van der Waals surface area contributed by atoms with Crippen LogP contribution in [0, 0.1) is 0 Å². The van der Waals surface area contributed by atoms with E-state index in [4.69, 9.17) is 0 Å². The Hall–Kier alpha value is -0.860. The molecule has 2 nitrogen and oxygen atoms in total. The smallest absolute Gasteiger partial charge is 0.0236 e. The van der Waals surface area contributed by atoms with Crippen LogP contribution in [0.25, 0.3) is 0 Å². The molecule has 1 N–H and O–H groups in total. The summed E-state index contributed by atoms with van der Waals surface area (Å²) in [4.78, 5) is 2.59. The standard InChI is InChI=1S/C15H24N2/c1-2-16-10-5-6-11-17-12-9-14-7-3-4-8-15(14)13-17/h3-4,7-8,16H,2,5-6,9-13H2,1H3. The van der Waals surface area contributed by atoms with Gasteiger partial charge in [0.15, 0.2) is 0 Å². The van der Waals surface area contributed by atoms with E-state index in [0.29, 0.717) is 0 Å². The minimum atomic E-state index is 1.09. The lowest BCUT2D eigenvalue weighted by atomic mass is 10.00. The minimum Gasteiger partial charge on any atom is -0.317 e. The Kier molecular flexibility index (Phi) is 5.02. The summed E-state index contributed by atoms with van der Waals surface area (Å²) in [5.41, 5.74) is 3.09. The summed E-state index contributed by atoms with van der Waals surface area (Å²) in [5.74, 6) is 0. The molecule has 94 valence electrons. The number of unbranched alkanes of at least 4 members (excludes halogenated alkanes) is 1. The Bertz CT molecular complexity index is 335. The SMILES string of the molecule is CCNCCCCN1CCc2ccccc2C1. The summed E-state index contributed by atoms with van der Waals surface area (Å²) in [5, 5.41) is 3.38. The normalized spacial score (nSPS) is 15.8. The Morgan fingerprint density at radius 2 is 2.00 bits per heavy atom. The first kappa shape index (κ1) is 12.6. The fourth-order valence-electron chi connectivity index (χ4n) is 2.51. The van der Waals surface area contributed by atoms with Crippen molar-refractivity contribution in [1.82, 2.24) is 10.2 Å². The molecule has 0 aliphatic carbocycles. The molecule has 0 spiro atoms. The van der Waals surface area contributed by atoms with Gasteiger partial charge in [-0.3, -0.25) is 4.90 Å². The molecule has 1 aliphatic heterocycles. The average molecular weight is 232 g/mol. The maximum absolute atomic E-state index is 3.38. The van der Waals surface area contributed by atoms with Crippen LogP contribution in [-0.2, 0) is 13.0 Å². The van der Waals surface area contributed by atoms with Crippen LogP contribution >= 0.6 is 0 Å². The van der Waals surface area contributed by atoms with Gasteiger partial charge in [-0.05, 0) is 50.0 Å². The third-order valence-electron chi connectivity index (χ3n) is 3.54. The van der Waals surface area contributed by atoms with E-state index in [2.05, 4.69) is 41.4 Å². The van der Waals surface area contributed by atoms with E-state index in [1.165, 1.54) is 44.5 Å². The van der Waals surface area contributed by atoms with E-state index in [1.807, 2.05) is 0 Å². The number of hydrogen-bond acceptors (Lipinski definition) is 2. The van der Waals surface area contributed by atoms with E-state index < -0.39 is 0 Å². The molecule has 0 unspecified atom stereocenters. The summed E-state index contributed by atoms with van der Waals surface area (Å²) in [6, 6.07) is 8.87. The third kappa shape index (κ3) is 3.83. The maximum Gasteiger partial charge on any atom is 0.0236 e. The average Bonchev–Trinajstić information content (AvgIpc) is 2.38. The van der Waals surface area contributed by atoms with Gasteiger partial charge in [-0.1, -0.05) is 31.2 Å². The summed E-state index contributed by atoms with van der Waals surface area (Å²) >= 11 is 0. The van der Waals surface area contributed by atoms with Crippen LogP contribution in [0.2, 0.25) is 0 Å². The molecule has 0 saturated carbocycles. The van der Waals surface area contributed by atoms with Crippen molar-refractivity contribution in [3.8, 4) is 0 Å². The molecule has 1 aromatic rings. The van der Waals surface area contributed by atoms with Gasteiger partial charge < -0.3 is 5.32 Å². The molecule has 1 aliphatic rings. The van der Waals surface area contributed by atoms with Crippen molar-refractivity contribution in [1.29, 1.82) is 0 Å². The highest BCUT2D eigenvalue weighted by Crippen LogP contribution is 2.18. The lowest BCUT2D eigenvalue weighted by Gasteiger charge is -2.28. The zero-order chi connectivity index (χ0) is 11.9. The fourth-order valence-corrected chi connectivity index (χ4v) is 2.51. The molecule has 2 heteroatoms. The molecule has 2 rings (SSSR count). The number of nitrogens with zero attached hydrogens (tertiary/aromatic N) is 1. The van der Waals surface area contributed by atoms with E-state index in [9.17, 15) is 0 Å². The van der Waals surface area contributed by atoms with Crippen molar-refractivity contribution in [2.45, 2.75) is 32.7 Å². The summed E-state index contributed by atoms with van der Waals surface area (Å²) in [6.45, 7) is 8.06. The van der Waals surface area contributed by atoms with Crippen LogP contribution < -0.4 is 5.32 Å². The zero-order valence-electron chi connectivity index (χ0n) is 10.9. The van der Waals surface area contributed by atoms with Crippen LogP contribution in [0.1, 0.15) is 30.9 Å². The first-order chi connectivity index (χ1) is 8.40. The van der Waals surface area contributed by atoms with E-state index in [0.717, 1.165) is 13.1 Å². The monoisotopic (exact) mass is 232 g/mol. The van der Waals surface area contributed by atoms with E-state index in [1.54, 1.807) is 5.56 Å². The van der Waals surface area contributed by atoms with Crippen LogP contribution in [-0.4, -0.2) is 31.1 Å². The van der Waals surface area contributed by atoms with Crippen LogP contribution in [0.5, 0.6) is 0 Å². The molecular formula is C15H24N2. The number of nitrogens with one attached hydrogen (secondary N) is 1. The number of rotatable bonds is 6. The lowest BCUT2D eigenvalue weighted by Crippen LogP contribution is -2.31. The lowest BCUT2D eigenvalue weighted by molar-refractivity contribution is 0.249. The van der Waals surface area contributed by atoms with E-state index >= 15 is 0 Å². The number of fused-ring (bicyclic) bond motifs is 1. The Morgan fingerprint density at radius 1 is 1.18 bits per heavy atom. The predicted molar refractivity (Wildman–Crippen MR) is 73.2 cm³/mol. The molecule has 0 atom stereocenters. The molecule has 0 radical (unpaired) electrons. The van der Waals surface area contributed by atoms with Crippen LogP contribution in [0.3, 0.4) is 0 Å². The largest absolute Gasteiger partial charge is 0.317 e. The van der Waals surface area contributed by atoms with Gasteiger partial charge in [0.1, 0.15) is 0 Å². The van der Waals surface area contributed by atoms with E-state index in [-0.39, 0.29) is 0 Å². The van der Waals surface area contributed by atoms with Gasteiger partial charge in [-0.25, -0.2) is 0 Å². The van der Waals surface area contributed by atoms with Gasteiger partial charge >= 0.3 is 0 Å². The Labute approximate surface area is 105 Å². The summed E-state index contributed by atoms with van der Waals surface area (Å²) in [7, 11) is 0. The molecule has 1 aromatic carbocycles. The maximum atomic E-state index is 3.38. The highest BCUT2D eigenvalue weighted by atomic mass is 15.1. The second-order valence-electron chi connectivity index (χ2n) is 4.86. The topological polar surface area (TPSA) is 15.3 Å². The van der Waals surface area contributed by atoms with Gasteiger partial charge in [-0.15, -0.1) is 0 Å². The fraction of sp³-hybridized carbons (Fsp3) is 0.600. The molecular weight excluding hydrogens is 208 g/mol.